The van der Waals surface area contributed by atoms with Crippen molar-refractivity contribution in [1.82, 2.24) is 10.2 Å². The van der Waals surface area contributed by atoms with Gasteiger partial charge in [-0.25, -0.2) is 0 Å². The first kappa shape index (κ1) is 11.9. The van der Waals surface area contributed by atoms with E-state index >= 15 is 0 Å². The molecule has 0 radical (unpaired) electrons. The van der Waals surface area contributed by atoms with Crippen molar-refractivity contribution in [2.24, 2.45) is 0 Å². The van der Waals surface area contributed by atoms with Crippen molar-refractivity contribution in [3.05, 3.63) is 0 Å². The fraction of sp³-hybridized carbons (Fsp3) is 0.917. The molecule has 3 atom stereocenters. The zero-order valence-electron chi connectivity index (χ0n) is 9.98. The number of aliphatic hydroxyl groups excluding tert-OH is 1. The van der Waals surface area contributed by atoms with Crippen molar-refractivity contribution in [2.75, 3.05) is 13.6 Å². The molecule has 4 nitrogen and oxygen atoms in total. The Hall–Kier alpha value is -0.610. The van der Waals surface area contributed by atoms with E-state index < -0.39 is 0 Å². The second-order valence-electron chi connectivity index (χ2n) is 5.02. The van der Waals surface area contributed by atoms with Crippen LogP contribution in [0.25, 0.3) is 0 Å². The van der Waals surface area contributed by atoms with Crippen molar-refractivity contribution in [2.45, 2.75) is 56.7 Å². The highest BCUT2D eigenvalue weighted by Gasteiger charge is 2.33. The summed E-state index contributed by atoms with van der Waals surface area (Å²) in [5.41, 5.74) is 0. The average Bonchev–Trinajstić information content (AvgIpc) is 2.81. The second-order valence-corrected chi connectivity index (χ2v) is 5.02. The van der Waals surface area contributed by atoms with Gasteiger partial charge in [0.05, 0.1) is 18.2 Å². The normalized spacial score (nSPS) is 35.0. The Kier molecular flexibility index (Phi) is 3.82. The Bertz CT molecular complexity index is 251. The summed E-state index contributed by atoms with van der Waals surface area (Å²) in [5.74, 6) is 0.156. The van der Waals surface area contributed by atoms with E-state index in [1.165, 1.54) is 0 Å². The maximum Gasteiger partial charge on any atom is 0.239 e. The summed E-state index contributed by atoms with van der Waals surface area (Å²) in [6, 6.07) is 0.0165. The molecule has 92 valence electrons. The van der Waals surface area contributed by atoms with Crippen molar-refractivity contribution in [3.8, 4) is 0 Å². The number of amides is 1. The number of hydrogen-bond donors (Lipinski definition) is 2. The van der Waals surface area contributed by atoms with Crippen molar-refractivity contribution < 1.29 is 9.90 Å². The van der Waals surface area contributed by atoms with Crippen LogP contribution >= 0.6 is 0 Å². The quantitative estimate of drug-likeness (QED) is 0.721. The molecule has 0 aromatic heterocycles. The molecule has 1 saturated carbocycles. The third kappa shape index (κ3) is 2.38. The Labute approximate surface area is 97.0 Å². The highest BCUT2D eigenvalue weighted by molar-refractivity contribution is 5.82. The first-order valence-electron chi connectivity index (χ1n) is 6.38. The van der Waals surface area contributed by atoms with Crippen molar-refractivity contribution >= 4 is 5.91 Å². The summed E-state index contributed by atoms with van der Waals surface area (Å²) in [6.07, 6.45) is 5.67. The number of nitrogens with zero attached hydrogens (tertiary/aromatic N) is 1. The molecule has 2 N–H and O–H groups in total. The number of likely N-dealkylation sites (N-methyl/N-ethyl adjacent to an activating group) is 1. The van der Waals surface area contributed by atoms with Gasteiger partial charge in [-0.15, -0.1) is 0 Å². The van der Waals surface area contributed by atoms with Gasteiger partial charge in [-0.2, -0.15) is 0 Å². The van der Waals surface area contributed by atoms with E-state index in [1.807, 2.05) is 7.05 Å². The van der Waals surface area contributed by atoms with Gasteiger partial charge in [0.25, 0.3) is 0 Å². The molecule has 2 unspecified atom stereocenters. The lowest BCUT2D eigenvalue weighted by Gasteiger charge is -2.36. The molecule has 16 heavy (non-hydrogen) atoms. The number of rotatable bonds is 2. The van der Waals surface area contributed by atoms with Gasteiger partial charge < -0.3 is 15.3 Å². The molecule has 2 rings (SSSR count). The molecule has 1 amide bonds. The minimum atomic E-state index is -0.330. The third-order valence-electron chi connectivity index (χ3n) is 3.90. The molecular weight excluding hydrogens is 204 g/mol. The molecule has 2 aliphatic rings. The van der Waals surface area contributed by atoms with Crippen LogP contribution in [0.1, 0.15) is 38.5 Å². The van der Waals surface area contributed by atoms with Gasteiger partial charge in [0.2, 0.25) is 5.91 Å². The van der Waals surface area contributed by atoms with Crippen LogP contribution in [-0.4, -0.2) is 47.7 Å². The number of carbonyl (C=O) groups is 1. The van der Waals surface area contributed by atoms with Crippen LogP contribution in [0.15, 0.2) is 0 Å². The molecule has 0 spiro atoms. The monoisotopic (exact) mass is 226 g/mol. The molecule has 1 aliphatic heterocycles. The molecule has 1 aliphatic carbocycles. The van der Waals surface area contributed by atoms with Gasteiger partial charge in [-0.05, 0) is 32.2 Å². The van der Waals surface area contributed by atoms with Crippen molar-refractivity contribution in [3.63, 3.8) is 0 Å². The highest BCUT2D eigenvalue weighted by atomic mass is 16.3. The molecule has 1 heterocycles. The van der Waals surface area contributed by atoms with E-state index in [-0.39, 0.29) is 24.1 Å². The van der Waals surface area contributed by atoms with Crippen LogP contribution in [0.5, 0.6) is 0 Å². The first-order valence-corrected chi connectivity index (χ1v) is 6.38. The average molecular weight is 226 g/mol. The minimum Gasteiger partial charge on any atom is -0.391 e. The zero-order chi connectivity index (χ0) is 11.5. The molecule has 4 heteroatoms. The Morgan fingerprint density at radius 3 is 2.62 bits per heavy atom. The number of carbonyl (C=O) groups excluding carboxylic acids is 1. The van der Waals surface area contributed by atoms with Crippen LogP contribution in [0.2, 0.25) is 0 Å². The Morgan fingerprint density at radius 2 is 2.00 bits per heavy atom. The molecule has 0 aromatic carbocycles. The summed E-state index contributed by atoms with van der Waals surface area (Å²) in [5, 5.41) is 13.1. The lowest BCUT2D eigenvalue weighted by molar-refractivity contribution is -0.137. The van der Waals surface area contributed by atoms with Gasteiger partial charge in [-0.1, -0.05) is 12.8 Å². The highest BCUT2D eigenvalue weighted by Crippen LogP contribution is 2.23. The van der Waals surface area contributed by atoms with Crippen LogP contribution in [-0.2, 0) is 4.79 Å². The topological polar surface area (TPSA) is 52.6 Å². The maximum absolute atomic E-state index is 12.1. The van der Waals surface area contributed by atoms with E-state index in [4.69, 9.17) is 0 Å². The number of aliphatic hydroxyl groups is 1. The number of hydrogen-bond acceptors (Lipinski definition) is 3. The van der Waals surface area contributed by atoms with E-state index in [1.54, 1.807) is 4.90 Å². The first-order chi connectivity index (χ1) is 7.70. The van der Waals surface area contributed by atoms with Crippen molar-refractivity contribution in [1.29, 1.82) is 0 Å². The van der Waals surface area contributed by atoms with Gasteiger partial charge in [-0.3, -0.25) is 4.79 Å². The molecule has 2 fully saturated rings. The summed E-state index contributed by atoms with van der Waals surface area (Å²) in [6.45, 7) is 0.942. The summed E-state index contributed by atoms with van der Waals surface area (Å²) in [4.78, 5) is 13.9. The predicted octanol–water partition coefficient (Wildman–Crippen LogP) is 0.500. The van der Waals surface area contributed by atoms with Gasteiger partial charge in [0.1, 0.15) is 0 Å². The summed E-state index contributed by atoms with van der Waals surface area (Å²) in [7, 11) is 1.83. The fourth-order valence-corrected chi connectivity index (χ4v) is 2.85. The maximum atomic E-state index is 12.1. The lowest BCUT2D eigenvalue weighted by Crippen LogP contribution is -2.51. The van der Waals surface area contributed by atoms with E-state index in [0.717, 1.165) is 45.1 Å². The summed E-state index contributed by atoms with van der Waals surface area (Å²) >= 11 is 0. The van der Waals surface area contributed by atoms with E-state index in [0.29, 0.717) is 0 Å². The van der Waals surface area contributed by atoms with Gasteiger partial charge >= 0.3 is 0 Å². The lowest BCUT2D eigenvalue weighted by atomic mass is 9.91. The largest absolute Gasteiger partial charge is 0.391 e. The summed E-state index contributed by atoms with van der Waals surface area (Å²) < 4.78 is 0. The smallest absolute Gasteiger partial charge is 0.239 e. The minimum absolute atomic E-state index is 0.0147. The van der Waals surface area contributed by atoms with Crippen LogP contribution < -0.4 is 5.32 Å². The third-order valence-corrected chi connectivity index (χ3v) is 3.90. The Balaban J connectivity index is 1.94. The fourth-order valence-electron chi connectivity index (χ4n) is 2.85. The molecule has 0 bridgehead atoms. The van der Waals surface area contributed by atoms with Crippen LogP contribution in [0.4, 0.5) is 0 Å². The van der Waals surface area contributed by atoms with Crippen LogP contribution in [0, 0.1) is 0 Å². The SMILES string of the molecule is CN(C(=O)[C@H]1CCCN1)C1CCCCC1O. The van der Waals surface area contributed by atoms with Gasteiger partial charge in [0.15, 0.2) is 0 Å². The molecular formula is C12H22N2O2. The second kappa shape index (κ2) is 5.15. The van der Waals surface area contributed by atoms with Crippen LogP contribution in [0.3, 0.4) is 0 Å². The Morgan fingerprint density at radius 1 is 1.25 bits per heavy atom. The zero-order valence-corrected chi connectivity index (χ0v) is 9.98. The van der Waals surface area contributed by atoms with E-state index in [9.17, 15) is 9.90 Å². The standard InChI is InChI=1S/C12H22N2O2/c1-14(10-6-2-3-7-11(10)15)12(16)9-5-4-8-13-9/h9-11,13,15H,2-8H2,1H3/t9-,10?,11?/m1/s1. The molecule has 1 saturated heterocycles. The number of nitrogens with one attached hydrogen (secondary N) is 1. The van der Waals surface area contributed by atoms with Gasteiger partial charge in [0, 0.05) is 7.05 Å². The molecule has 0 aromatic rings. The van der Waals surface area contributed by atoms with E-state index in [2.05, 4.69) is 5.32 Å². The predicted molar refractivity (Wildman–Crippen MR) is 62.1 cm³/mol.